The van der Waals surface area contributed by atoms with Crippen molar-refractivity contribution in [2.24, 2.45) is 0 Å². The van der Waals surface area contributed by atoms with Crippen molar-refractivity contribution in [3.8, 4) is 0 Å². The summed E-state index contributed by atoms with van der Waals surface area (Å²) in [5.41, 5.74) is 3.85. The van der Waals surface area contributed by atoms with Crippen LogP contribution in [0.15, 0.2) is 72.8 Å². The van der Waals surface area contributed by atoms with Crippen LogP contribution >= 0.6 is 0 Å². The fourth-order valence-corrected chi connectivity index (χ4v) is 4.65. The average molecular weight is 458 g/mol. The molecule has 172 valence electrons. The number of esters is 1. The number of urea groups is 1. The Morgan fingerprint density at radius 2 is 1.79 bits per heavy atom. The van der Waals surface area contributed by atoms with Crippen molar-refractivity contribution in [2.45, 2.75) is 19.4 Å². The molecule has 0 unspecified atom stereocenters. The molecule has 3 aromatic carbocycles. The van der Waals surface area contributed by atoms with Gasteiger partial charge in [-0.2, -0.15) is 0 Å². The number of hydrogen-bond donors (Lipinski definition) is 2. The number of nitrogens with one attached hydrogen (secondary N) is 2. The number of hydrogen-bond acceptors (Lipinski definition) is 3. The van der Waals surface area contributed by atoms with Gasteiger partial charge in [-0.25, -0.2) is 14.0 Å². The standard InChI is InChI=1S/C27H24FN3O3/c1-2-34-26(32)20-11-5-8-14-23(20)30-27(33)31-16-15-18-17-9-4-7-13-22(17)29-24(18)25(31)19-10-3-6-12-21(19)28/h3-14,25,29H,2,15-16H2,1H3,(H,30,33)/t25-/m1/s1. The van der Waals surface area contributed by atoms with Crippen LogP contribution in [-0.4, -0.2) is 35.0 Å². The zero-order chi connectivity index (χ0) is 23.7. The fourth-order valence-electron chi connectivity index (χ4n) is 4.65. The number of rotatable bonds is 4. The summed E-state index contributed by atoms with van der Waals surface area (Å²) in [5.74, 6) is -0.899. The van der Waals surface area contributed by atoms with Gasteiger partial charge in [-0.1, -0.05) is 48.5 Å². The molecule has 0 saturated heterocycles. The van der Waals surface area contributed by atoms with Gasteiger partial charge in [0.1, 0.15) is 11.9 Å². The Labute approximate surface area is 196 Å². The Balaban J connectivity index is 1.55. The summed E-state index contributed by atoms with van der Waals surface area (Å²) >= 11 is 0. The fraction of sp³-hybridized carbons (Fsp3) is 0.185. The first-order chi connectivity index (χ1) is 16.6. The van der Waals surface area contributed by atoms with E-state index in [2.05, 4.69) is 10.3 Å². The number of nitrogens with zero attached hydrogens (tertiary/aromatic N) is 1. The lowest BCUT2D eigenvalue weighted by molar-refractivity contribution is 0.0527. The van der Waals surface area contributed by atoms with Crippen molar-refractivity contribution >= 4 is 28.6 Å². The Kier molecular flexibility index (Phi) is 5.76. The summed E-state index contributed by atoms with van der Waals surface area (Å²) in [7, 11) is 0. The average Bonchev–Trinajstić information content (AvgIpc) is 3.23. The maximum Gasteiger partial charge on any atom is 0.340 e. The molecule has 0 radical (unpaired) electrons. The Morgan fingerprint density at radius 3 is 2.62 bits per heavy atom. The van der Waals surface area contributed by atoms with Crippen molar-refractivity contribution < 1.29 is 18.7 Å². The topological polar surface area (TPSA) is 74.4 Å². The predicted octanol–water partition coefficient (Wildman–Crippen LogP) is 5.66. The van der Waals surface area contributed by atoms with Crippen molar-refractivity contribution in [3.63, 3.8) is 0 Å². The summed E-state index contributed by atoms with van der Waals surface area (Å²) < 4.78 is 20.1. The SMILES string of the molecule is CCOC(=O)c1ccccc1NC(=O)N1CCc2c([nH]c3ccccc23)[C@H]1c1ccccc1F. The number of carbonyl (C=O) groups excluding carboxylic acids is 2. The minimum atomic E-state index is -0.646. The molecule has 4 aromatic rings. The maximum atomic E-state index is 15.0. The molecular formula is C27H24FN3O3. The lowest BCUT2D eigenvalue weighted by atomic mass is 9.92. The van der Waals surface area contributed by atoms with Crippen LogP contribution in [0.5, 0.6) is 0 Å². The van der Waals surface area contributed by atoms with Crippen molar-refractivity contribution in [2.75, 3.05) is 18.5 Å². The van der Waals surface area contributed by atoms with Gasteiger partial charge in [0.05, 0.1) is 17.9 Å². The van der Waals surface area contributed by atoms with Crippen LogP contribution in [0.2, 0.25) is 0 Å². The number of carbonyl (C=O) groups is 2. The minimum Gasteiger partial charge on any atom is -0.462 e. The smallest absolute Gasteiger partial charge is 0.340 e. The number of aromatic nitrogens is 1. The molecular weight excluding hydrogens is 433 g/mol. The quantitative estimate of drug-likeness (QED) is 0.388. The van der Waals surface area contributed by atoms with Crippen LogP contribution in [0.3, 0.4) is 0 Å². The van der Waals surface area contributed by atoms with Crippen LogP contribution in [-0.2, 0) is 11.2 Å². The first-order valence-corrected chi connectivity index (χ1v) is 11.3. The van der Waals surface area contributed by atoms with E-state index in [0.717, 1.165) is 22.2 Å². The number of aromatic amines is 1. The largest absolute Gasteiger partial charge is 0.462 e. The Hall–Kier alpha value is -4.13. The van der Waals surface area contributed by atoms with E-state index in [0.29, 0.717) is 24.2 Å². The molecule has 6 nitrogen and oxygen atoms in total. The van der Waals surface area contributed by atoms with E-state index in [1.54, 1.807) is 54.3 Å². The van der Waals surface area contributed by atoms with E-state index in [4.69, 9.17) is 4.74 Å². The third-order valence-electron chi connectivity index (χ3n) is 6.16. The van der Waals surface area contributed by atoms with Gasteiger partial charge in [0, 0.05) is 28.7 Å². The Morgan fingerprint density at radius 1 is 1.06 bits per heavy atom. The summed E-state index contributed by atoms with van der Waals surface area (Å²) in [5, 5.41) is 3.93. The van der Waals surface area contributed by atoms with Gasteiger partial charge in [-0.15, -0.1) is 0 Å². The molecule has 2 N–H and O–H groups in total. The molecule has 34 heavy (non-hydrogen) atoms. The molecule has 2 amide bonds. The van der Waals surface area contributed by atoms with E-state index in [1.165, 1.54) is 6.07 Å². The minimum absolute atomic E-state index is 0.228. The van der Waals surface area contributed by atoms with Gasteiger partial charge in [0.25, 0.3) is 0 Å². The van der Waals surface area contributed by atoms with Gasteiger partial charge in [-0.3, -0.25) is 0 Å². The van der Waals surface area contributed by atoms with Crippen molar-refractivity contribution in [1.82, 2.24) is 9.88 Å². The number of H-pyrrole nitrogens is 1. The molecule has 0 spiro atoms. The van der Waals surface area contributed by atoms with Crippen LogP contribution in [0.1, 0.15) is 40.1 Å². The van der Waals surface area contributed by atoms with Gasteiger partial charge in [-0.05, 0) is 43.2 Å². The van der Waals surface area contributed by atoms with Crippen molar-refractivity contribution in [3.05, 3.63) is 101 Å². The van der Waals surface area contributed by atoms with Gasteiger partial charge in [0.2, 0.25) is 0 Å². The van der Waals surface area contributed by atoms with Crippen LogP contribution < -0.4 is 5.32 Å². The van der Waals surface area contributed by atoms with Gasteiger partial charge < -0.3 is 19.9 Å². The molecule has 0 bridgehead atoms. The molecule has 1 aliphatic heterocycles. The highest BCUT2D eigenvalue weighted by molar-refractivity contribution is 6.01. The van der Waals surface area contributed by atoms with Crippen LogP contribution in [0, 0.1) is 5.82 Å². The monoisotopic (exact) mass is 457 g/mol. The zero-order valence-corrected chi connectivity index (χ0v) is 18.7. The third kappa shape index (κ3) is 3.79. The number of amides is 2. The van der Waals surface area contributed by atoms with Gasteiger partial charge >= 0.3 is 12.0 Å². The van der Waals surface area contributed by atoms with Crippen LogP contribution in [0.25, 0.3) is 10.9 Å². The highest BCUT2D eigenvalue weighted by Gasteiger charge is 2.36. The van der Waals surface area contributed by atoms with Gasteiger partial charge in [0.15, 0.2) is 0 Å². The Bertz CT molecular complexity index is 1380. The third-order valence-corrected chi connectivity index (χ3v) is 6.16. The first-order valence-electron chi connectivity index (χ1n) is 11.3. The molecule has 7 heteroatoms. The normalized spacial score (nSPS) is 15.1. The van der Waals surface area contributed by atoms with E-state index in [1.807, 2.05) is 24.3 Å². The van der Waals surface area contributed by atoms with Crippen LogP contribution in [0.4, 0.5) is 14.9 Å². The van der Waals surface area contributed by atoms with Crippen molar-refractivity contribution in [1.29, 1.82) is 0 Å². The number of benzene rings is 3. The number of anilines is 1. The number of para-hydroxylation sites is 2. The number of halogens is 1. The second-order valence-electron chi connectivity index (χ2n) is 8.13. The number of ether oxygens (including phenoxy) is 1. The maximum absolute atomic E-state index is 15.0. The number of fused-ring (bicyclic) bond motifs is 3. The second kappa shape index (κ2) is 9.02. The zero-order valence-electron chi connectivity index (χ0n) is 18.7. The summed E-state index contributed by atoms with van der Waals surface area (Å²) in [6.45, 7) is 2.34. The molecule has 2 heterocycles. The predicted molar refractivity (Wildman–Crippen MR) is 128 cm³/mol. The van der Waals surface area contributed by atoms with E-state index in [9.17, 15) is 9.59 Å². The lowest BCUT2D eigenvalue weighted by Crippen LogP contribution is -2.43. The molecule has 0 aliphatic carbocycles. The summed E-state index contributed by atoms with van der Waals surface area (Å²) in [4.78, 5) is 31.0. The molecule has 1 aromatic heterocycles. The molecule has 5 rings (SSSR count). The second-order valence-corrected chi connectivity index (χ2v) is 8.13. The van der Waals surface area contributed by atoms with E-state index >= 15 is 4.39 Å². The summed E-state index contributed by atoms with van der Waals surface area (Å²) in [6.07, 6.45) is 0.622. The molecule has 0 fully saturated rings. The molecule has 0 saturated carbocycles. The lowest BCUT2D eigenvalue weighted by Gasteiger charge is -2.36. The summed E-state index contributed by atoms with van der Waals surface area (Å²) in [6, 6.07) is 20.1. The molecule has 1 atom stereocenters. The highest BCUT2D eigenvalue weighted by atomic mass is 19.1. The first kappa shape index (κ1) is 21.7. The molecule has 1 aliphatic rings. The van der Waals surface area contributed by atoms with E-state index < -0.39 is 18.0 Å². The van der Waals surface area contributed by atoms with E-state index in [-0.39, 0.29) is 18.0 Å². The highest BCUT2D eigenvalue weighted by Crippen LogP contribution is 2.39.